The van der Waals surface area contributed by atoms with Gasteiger partial charge >= 0.3 is 6.09 Å². The smallest absolute Gasteiger partial charge is 0.414 e. The lowest BCUT2D eigenvalue weighted by Gasteiger charge is -2.36. The Labute approximate surface area is 437 Å². The first kappa shape index (κ1) is 52.5. The van der Waals surface area contributed by atoms with E-state index in [2.05, 4.69) is 45.9 Å². The number of thiazole rings is 1. The fraction of sp³-hybridized carbons (Fsp3) is 0.451. The number of carbonyl (C=O) groups is 4. The third-order valence-corrected chi connectivity index (χ3v) is 13.9. The summed E-state index contributed by atoms with van der Waals surface area (Å²) in [5, 5.41) is 30.6. The molecule has 4 atom stereocenters. The molecule has 2 fully saturated rings. The number of amides is 4. The molecule has 0 bridgehead atoms. The summed E-state index contributed by atoms with van der Waals surface area (Å²) in [7, 11) is 0. The number of piperazine rings is 1. The van der Waals surface area contributed by atoms with Crippen LogP contribution in [0.1, 0.15) is 52.3 Å². The molecular weight excluding hydrogens is 985 g/mol. The second-order valence-corrected chi connectivity index (χ2v) is 20.9. The zero-order chi connectivity index (χ0) is 53.0. The van der Waals surface area contributed by atoms with Gasteiger partial charge in [0.2, 0.25) is 29.5 Å². The third kappa shape index (κ3) is 12.6. The summed E-state index contributed by atoms with van der Waals surface area (Å²) in [5.74, 6) is 0.476. The average molecular weight is 1050 g/mol. The van der Waals surface area contributed by atoms with Crippen LogP contribution in [0.4, 0.5) is 22.2 Å². The van der Waals surface area contributed by atoms with E-state index in [1.807, 2.05) is 67.3 Å². The number of pyridine rings is 1. The molecule has 23 nitrogen and oxygen atoms in total. The third-order valence-electron chi connectivity index (χ3n) is 12.9. The number of β-amino-alcohol motifs (C(OH)–C–C–N with tert-alkyl or cyclic N) is 1. The number of aromatic nitrogens is 7. The number of carbonyl (C=O) groups excluding carboxylic acids is 4. The van der Waals surface area contributed by atoms with Crippen molar-refractivity contribution in [3.8, 4) is 33.3 Å². The molecule has 1 unspecified atom stereocenters. The number of nitrogens with one attached hydrogen (secondary N) is 3. The number of benzene rings is 1. The van der Waals surface area contributed by atoms with Crippen molar-refractivity contribution in [2.45, 2.75) is 85.0 Å². The molecule has 3 aliphatic heterocycles. The fourth-order valence-corrected chi connectivity index (χ4v) is 9.89. The minimum atomic E-state index is -1.28. The number of aliphatic hydroxyl groups excluding tert-OH is 2. The molecule has 0 radical (unpaired) electrons. The van der Waals surface area contributed by atoms with Crippen LogP contribution in [0.15, 0.2) is 73.0 Å². The Morgan fingerprint density at radius 2 is 1.69 bits per heavy atom. The van der Waals surface area contributed by atoms with Crippen molar-refractivity contribution < 1.29 is 43.6 Å². The van der Waals surface area contributed by atoms with Gasteiger partial charge in [0.15, 0.2) is 17.2 Å². The molecule has 5 aromatic heterocycles. The van der Waals surface area contributed by atoms with E-state index in [9.17, 15) is 29.4 Å². The number of anilines is 3. The first-order valence-corrected chi connectivity index (χ1v) is 25.7. The molecule has 8 heterocycles. The Bertz CT molecular complexity index is 2990. The van der Waals surface area contributed by atoms with E-state index in [1.54, 1.807) is 60.4 Å². The molecule has 5 N–H and O–H groups in total. The van der Waals surface area contributed by atoms with Gasteiger partial charge < -0.3 is 49.3 Å². The number of nitrogens with zero attached hydrogens (tertiary/aromatic N) is 11. The molecule has 0 spiro atoms. The standard InChI is InChI=1S/C51H62N14O9S/c1-30(2)74-50(71)64-15-16-72-47-39(64)17-34(20-54-47)37-25-63-26-40(58-41(63)23-52-37)59-42(67)27-61-11-13-62(14-12-61)49-55-21-36(22-56-49)73-28-43(68)60-45(51(4,5)6)48(70)65-24-35(66)18-38(65)46(69)53-19-32-7-9-33(10-8-32)44-31(3)57-29-75-44/h7-10,17,20-23,25-26,29-30,35,38,43,45,60,66,68H,11-16,18-19,24,27-28H2,1-6H3,(H,53,69)(H,59,67)/t35-,38+,43?,45-/m1/s1. The van der Waals surface area contributed by atoms with Crippen molar-refractivity contribution in [2.75, 3.05) is 74.1 Å². The maximum absolute atomic E-state index is 14.1. The summed E-state index contributed by atoms with van der Waals surface area (Å²) in [6.07, 6.45) is 6.88. The first-order chi connectivity index (χ1) is 35.9. The summed E-state index contributed by atoms with van der Waals surface area (Å²) >= 11 is 1.57. The molecule has 0 aliphatic carbocycles. The maximum Gasteiger partial charge on any atom is 0.414 e. The summed E-state index contributed by atoms with van der Waals surface area (Å²) in [5.41, 5.74) is 6.25. The van der Waals surface area contributed by atoms with Gasteiger partial charge in [0, 0.05) is 63.6 Å². The second-order valence-electron chi connectivity index (χ2n) is 20.0. The lowest BCUT2D eigenvalue weighted by molar-refractivity contribution is -0.143. The summed E-state index contributed by atoms with van der Waals surface area (Å²) in [6.45, 7) is 14.2. The van der Waals surface area contributed by atoms with Crippen LogP contribution in [0.2, 0.25) is 0 Å². The highest BCUT2D eigenvalue weighted by molar-refractivity contribution is 7.13. The molecule has 396 valence electrons. The molecule has 3 aliphatic rings. The van der Waals surface area contributed by atoms with Gasteiger partial charge in [-0.15, -0.1) is 11.3 Å². The van der Waals surface area contributed by atoms with Crippen LogP contribution in [0.3, 0.4) is 0 Å². The zero-order valence-corrected chi connectivity index (χ0v) is 43.5. The van der Waals surface area contributed by atoms with Crippen molar-refractivity contribution in [1.29, 1.82) is 0 Å². The van der Waals surface area contributed by atoms with E-state index in [1.165, 1.54) is 22.2 Å². The summed E-state index contributed by atoms with van der Waals surface area (Å²) < 4.78 is 18.7. The van der Waals surface area contributed by atoms with E-state index >= 15 is 0 Å². The van der Waals surface area contributed by atoms with Gasteiger partial charge in [-0.3, -0.25) is 34.5 Å². The van der Waals surface area contributed by atoms with Gasteiger partial charge in [0.25, 0.3) is 0 Å². The molecule has 1 aromatic carbocycles. The van der Waals surface area contributed by atoms with Crippen LogP contribution in [0.5, 0.6) is 11.6 Å². The van der Waals surface area contributed by atoms with Gasteiger partial charge in [0.1, 0.15) is 31.2 Å². The highest BCUT2D eigenvalue weighted by Gasteiger charge is 2.44. The SMILES string of the molecule is Cc1ncsc1-c1ccc(CNC(=O)[C@@H]2C[C@@H](O)CN2C(=O)[C@@H](NC(O)COc2cnc(N3CCN(CC(=O)Nc4cn5cc(-c6cnc7c(c6)N(C(=O)OC(C)C)CCO7)ncc5n4)CC3)nc2)C(C)(C)C)cc1. The molecule has 0 saturated carbocycles. The number of fused-ring (bicyclic) bond motifs is 2. The predicted octanol–water partition coefficient (Wildman–Crippen LogP) is 3.50. The number of aryl methyl sites for hydroxylation is 1. The minimum absolute atomic E-state index is 0.0190. The molecule has 24 heteroatoms. The molecule has 6 aromatic rings. The topological polar surface area (TPSA) is 267 Å². The Balaban J connectivity index is 0.719. The van der Waals surface area contributed by atoms with Crippen molar-refractivity contribution in [3.05, 3.63) is 84.3 Å². The Hall–Kier alpha value is -7.38. The van der Waals surface area contributed by atoms with Crippen molar-refractivity contribution in [2.24, 2.45) is 5.41 Å². The van der Waals surface area contributed by atoms with Gasteiger partial charge in [0.05, 0.1) is 77.9 Å². The monoisotopic (exact) mass is 1050 g/mol. The van der Waals surface area contributed by atoms with E-state index < -0.39 is 41.8 Å². The van der Waals surface area contributed by atoms with E-state index in [4.69, 9.17) is 14.2 Å². The van der Waals surface area contributed by atoms with Gasteiger partial charge in [-0.05, 0) is 43.4 Å². The number of ether oxygens (including phenoxy) is 3. The molecule has 4 amide bonds. The molecule has 9 rings (SSSR count). The number of imidazole rings is 1. The number of rotatable bonds is 16. The number of hydrogen-bond donors (Lipinski definition) is 5. The average Bonchev–Trinajstić information content (AvgIpc) is 4.13. The van der Waals surface area contributed by atoms with Crippen molar-refractivity contribution in [3.63, 3.8) is 0 Å². The second kappa shape index (κ2) is 22.6. The van der Waals surface area contributed by atoms with Crippen LogP contribution in [0, 0.1) is 12.3 Å². The van der Waals surface area contributed by atoms with E-state index in [0.717, 1.165) is 21.7 Å². The normalized spacial score (nSPS) is 17.9. The lowest BCUT2D eigenvalue weighted by atomic mass is 9.85. The largest absolute Gasteiger partial charge is 0.486 e. The van der Waals surface area contributed by atoms with Crippen LogP contribution in [0.25, 0.3) is 27.3 Å². The van der Waals surface area contributed by atoms with Gasteiger partial charge in [-0.25, -0.2) is 29.7 Å². The highest BCUT2D eigenvalue weighted by atomic mass is 32.1. The Morgan fingerprint density at radius 3 is 2.40 bits per heavy atom. The minimum Gasteiger partial charge on any atom is -0.486 e. The van der Waals surface area contributed by atoms with E-state index in [0.29, 0.717) is 85.3 Å². The van der Waals surface area contributed by atoms with Crippen LogP contribution in [-0.2, 0) is 25.7 Å². The number of likely N-dealkylation sites (tertiary alicyclic amines) is 1. The lowest BCUT2D eigenvalue weighted by Crippen LogP contribution is -2.59. The Morgan fingerprint density at radius 1 is 0.933 bits per heavy atom. The summed E-state index contributed by atoms with van der Waals surface area (Å²) in [4.78, 5) is 88.5. The Kier molecular flexibility index (Phi) is 15.8. The molecule has 2 saturated heterocycles. The molecule has 75 heavy (non-hydrogen) atoms. The fourth-order valence-electron chi connectivity index (χ4n) is 9.08. The predicted molar refractivity (Wildman–Crippen MR) is 278 cm³/mol. The van der Waals surface area contributed by atoms with Crippen molar-refractivity contribution in [1.82, 2.24) is 54.7 Å². The van der Waals surface area contributed by atoms with Gasteiger partial charge in [-0.2, -0.15) is 0 Å². The zero-order valence-electron chi connectivity index (χ0n) is 42.7. The highest BCUT2D eigenvalue weighted by Crippen LogP contribution is 2.34. The quantitative estimate of drug-likeness (QED) is 0.0869. The van der Waals surface area contributed by atoms with Crippen LogP contribution < -0.4 is 35.2 Å². The number of hydrogen-bond acceptors (Lipinski definition) is 19. The number of aliphatic hydroxyl groups is 2. The maximum atomic E-state index is 14.1. The first-order valence-electron chi connectivity index (χ1n) is 24.8. The summed E-state index contributed by atoms with van der Waals surface area (Å²) in [6, 6.07) is 7.83. The van der Waals surface area contributed by atoms with Crippen molar-refractivity contribution >= 4 is 58.3 Å². The van der Waals surface area contributed by atoms with Crippen LogP contribution in [-0.4, -0.2) is 168 Å². The van der Waals surface area contributed by atoms with Crippen LogP contribution >= 0.6 is 11.3 Å². The van der Waals surface area contributed by atoms with Gasteiger partial charge in [-0.1, -0.05) is 45.0 Å². The molecular formula is C51H62N14O9S. The van der Waals surface area contributed by atoms with E-state index in [-0.39, 0.29) is 50.6 Å².